The summed E-state index contributed by atoms with van der Waals surface area (Å²) in [6, 6.07) is 3.78. The molecule has 1 aromatic carbocycles. The third kappa shape index (κ3) is 2.26. The van der Waals surface area contributed by atoms with E-state index in [1.165, 1.54) is 0 Å². The Balaban J connectivity index is 1.68. The fraction of sp³-hybridized carbons (Fsp3) is 0.562. The third-order valence-corrected chi connectivity index (χ3v) is 5.26. The standard InChI is InChI=1S/C16H17ClO4/c17-11-5-10(16(3-4-16)7-13(18)19)6-12-14(11)21-9-15(1-2-15)8-20-12/h5-6H,1-4,7-9H2,(H,18,19). The maximum absolute atomic E-state index is 11.1. The normalized spacial score (nSPS) is 23.5. The summed E-state index contributed by atoms with van der Waals surface area (Å²) in [6.45, 7) is 1.31. The van der Waals surface area contributed by atoms with Crippen molar-refractivity contribution in [1.82, 2.24) is 0 Å². The zero-order chi connectivity index (χ0) is 14.7. The number of fused-ring (bicyclic) bond motifs is 1. The number of benzene rings is 1. The monoisotopic (exact) mass is 308 g/mol. The van der Waals surface area contributed by atoms with E-state index in [1.54, 1.807) is 0 Å². The van der Waals surface area contributed by atoms with E-state index in [4.69, 9.17) is 26.2 Å². The molecule has 2 aliphatic carbocycles. The smallest absolute Gasteiger partial charge is 0.304 e. The first-order chi connectivity index (χ1) is 10.0. The Bertz CT molecular complexity index is 617. The number of halogens is 1. The first-order valence-electron chi connectivity index (χ1n) is 7.34. The van der Waals surface area contributed by atoms with Crippen LogP contribution in [0.2, 0.25) is 5.02 Å². The van der Waals surface area contributed by atoms with Crippen LogP contribution in [0.5, 0.6) is 11.5 Å². The Morgan fingerprint density at radius 2 is 1.90 bits per heavy atom. The molecular weight excluding hydrogens is 292 g/mol. The van der Waals surface area contributed by atoms with Gasteiger partial charge in [0.2, 0.25) is 0 Å². The second-order valence-electron chi connectivity index (χ2n) is 6.71. The van der Waals surface area contributed by atoms with E-state index < -0.39 is 5.97 Å². The van der Waals surface area contributed by atoms with Crippen LogP contribution in [0.1, 0.15) is 37.7 Å². The number of aliphatic carboxylic acids is 1. The molecule has 112 valence electrons. The zero-order valence-corrected chi connectivity index (χ0v) is 12.4. The van der Waals surface area contributed by atoms with Crippen molar-refractivity contribution in [2.24, 2.45) is 5.41 Å². The van der Waals surface area contributed by atoms with Gasteiger partial charge in [-0.3, -0.25) is 4.79 Å². The second kappa shape index (κ2) is 4.29. The molecule has 2 fully saturated rings. The Kier molecular flexibility index (Phi) is 2.71. The molecule has 0 aromatic heterocycles. The summed E-state index contributed by atoms with van der Waals surface area (Å²) < 4.78 is 11.8. The molecule has 1 heterocycles. The van der Waals surface area contributed by atoms with Gasteiger partial charge in [0.25, 0.3) is 0 Å². The van der Waals surface area contributed by atoms with Crippen molar-refractivity contribution in [2.75, 3.05) is 13.2 Å². The van der Waals surface area contributed by atoms with Crippen LogP contribution < -0.4 is 9.47 Å². The zero-order valence-electron chi connectivity index (χ0n) is 11.7. The van der Waals surface area contributed by atoms with Crippen LogP contribution >= 0.6 is 11.6 Å². The molecule has 5 heteroatoms. The van der Waals surface area contributed by atoms with Gasteiger partial charge >= 0.3 is 5.97 Å². The number of ether oxygens (including phenoxy) is 2. The highest BCUT2D eigenvalue weighted by molar-refractivity contribution is 6.32. The first-order valence-corrected chi connectivity index (χ1v) is 7.71. The van der Waals surface area contributed by atoms with Gasteiger partial charge < -0.3 is 14.6 Å². The van der Waals surface area contributed by atoms with E-state index in [0.29, 0.717) is 29.7 Å². The van der Waals surface area contributed by atoms with Crippen LogP contribution in [0.4, 0.5) is 0 Å². The maximum Gasteiger partial charge on any atom is 0.304 e. The summed E-state index contributed by atoms with van der Waals surface area (Å²) in [5.74, 6) is 0.501. The minimum atomic E-state index is -0.771. The van der Waals surface area contributed by atoms with Crippen LogP contribution in [0.25, 0.3) is 0 Å². The molecule has 21 heavy (non-hydrogen) atoms. The molecule has 0 radical (unpaired) electrons. The van der Waals surface area contributed by atoms with Crippen molar-refractivity contribution in [1.29, 1.82) is 0 Å². The predicted octanol–water partition coefficient (Wildman–Crippen LogP) is 3.40. The molecule has 1 aliphatic heterocycles. The van der Waals surface area contributed by atoms with E-state index in [1.807, 2.05) is 12.1 Å². The molecule has 0 unspecified atom stereocenters. The lowest BCUT2D eigenvalue weighted by Crippen LogP contribution is -2.17. The summed E-state index contributed by atoms with van der Waals surface area (Å²) in [5, 5.41) is 9.62. The number of carboxylic acids is 1. The average molecular weight is 309 g/mol. The van der Waals surface area contributed by atoms with E-state index >= 15 is 0 Å². The van der Waals surface area contributed by atoms with Crippen molar-refractivity contribution in [2.45, 2.75) is 37.5 Å². The highest BCUT2D eigenvalue weighted by atomic mass is 35.5. The molecule has 1 aromatic rings. The van der Waals surface area contributed by atoms with Crippen molar-refractivity contribution >= 4 is 17.6 Å². The lowest BCUT2D eigenvalue weighted by molar-refractivity contribution is -0.137. The SMILES string of the molecule is O=C(O)CC1(c2cc(Cl)c3c(c2)OCC2(CC2)CO3)CC1. The Morgan fingerprint density at radius 3 is 2.52 bits per heavy atom. The Labute approximate surface area is 128 Å². The minimum absolute atomic E-state index is 0.146. The van der Waals surface area contributed by atoms with Crippen molar-refractivity contribution in [3.63, 3.8) is 0 Å². The molecule has 0 amide bonds. The first kappa shape index (κ1) is 13.3. The van der Waals surface area contributed by atoms with E-state index in [-0.39, 0.29) is 17.3 Å². The van der Waals surface area contributed by atoms with Gasteiger partial charge in [0.1, 0.15) is 0 Å². The van der Waals surface area contributed by atoms with Crippen molar-refractivity contribution in [3.05, 3.63) is 22.7 Å². The van der Waals surface area contributed by atoms with Crippen molar-refractivity contribution in [3.8, 4) is 11.5 Å². The van der Waals surface area contributed by atoms with Gasteiger partial charge in [0.05, 0.1) is 24.7 Å². The van der Waals surface area contributed by atoms with Gasteiger partial charge in [-0.05, 0) is 43.4 Å². The van der Waals surface area contributed by atoms with E-state index in [9.17, 15) is 4.79 Å². The summed E-state index contributed by atoms with van der Waals surface area (Å²) in [7, 11) is 0. The van der Waals surface area contributed by atoms with Crippen LogP contribution in [0.15, 0.2) is 12.1 Å². The number of carboxylic acid groups (broad SMARTS) is 1. The van der Waals surface area contributed by atoms with Crippen LogP contribution in [0.3, 0.4) is 0 Å². The van der Waals surface area contributed by atoms with Crippen LogP contribution in [0, 0.1) is 5.41 Å². The second-order valence-corrected chi connectivity index (χ2v) is 7.12. The molecule has 0 atom stereocenters. The van der Waals surface area contributed by atoms with Gasteiger partial charge in [-0.2, -0.15) is 0 Å². The maximum atomic E-state index is 11.1. The van der Waals surface area contributed by atoms with Crippen LogP contribution in [-0.4, -0.2) is 24.3 Å². The third-order valence-electron chi connectivity index (χ3n) is 4.98. The lowest BCUT2D eigenvalue weighted by Gasteiger charge is -2.17. The lowest BCUT2D eigenvalue weighted by atomic mass is 9.92. The van der Waals surface area contributed by atoms with Gasteiger partial charge in [-0.15, -0.1) is 0 Å². The topological polar surface area (TPSA) is 55.8 Å². The molecule has 3 aliphatic rings. The van der Waals surface area contributed by atoms with Crippen LogP contribution in [-0.2, 0) is 10.2 Å². The van der Waals surface area contributed by atoms with E-state index in [0.717, 1.165) is 31.2 Å². The van der Waals surface area contributed by atoms with Gasteiger partial charge in [-0.1, -0.05) is 11.6 Å². The molecule has 0 bridgehead atoms. The number of hydrogen-bond acceptors (Lipinski definition) is 3. The summed E-state index contributed by atoms with van der Waals surface area (Å²) in [4.78, 5) is 11.1. The summed E-state index contributed by atoms with van der Waals surface area (Å²) in [5.41, 5.74) is 0.863. The highest BCUT2D eigenvalue weighted by Gasteiger charge is 2.48. The predicted molar refractivity (Wildman–Crippen MR) is 77.3 cm³/mol. The van der Waals surface area contributed by atoms with Gasteiger partial charge in [-0.25, -0.2) is 0 Å². The molecule has 2 saturated carbocycles. The largest absolute Gasteiger partial charge is 0.489 e. The molecule has 1 N–H and O–H groups in total. The molecular formula is C16H17ClO4. The average Bonchev–Trinajstić information content (AvgIpc) is 3.31. The van der Waals surface area contributed by atoms with Gasteiger partial charge in [0.15, 0.2) is 11.5 Å². The number of hydrogen-bond donors (Lipinski definition) is 1. The fourth-order valence-corrected chi connectivity index (χ4v) is 3.36. The number of carbonyl (C=O) groups is 1. The summed E-state index contributed by atoms with van der Waals surface area (Å²) in [6.07, 6.45) is 4.19. The van der Waals surface area contributed by atoms with E-state index in [2.05, 4.69) is 0 Å². The highest BCUT2D eigenvalue weighted by Crippen LogP contribution is 2.55. The fourth-order valence-electron chi connectivity index (χ4n) is 3.09. The van der Waals surface area contributed by atoms with Gasteiger partial charge in [0, 0.05) is 10.8 Å². The summed E-state index contributed by atoms with van der Waals surface area (Å²) >= 11 is 6.35. The Hall–Kier alpha value is -1.42. The molecule has 1 spiro atoms. The quantitative estimate of drug-likeness (QED) is 0.930. The molecule has 4 nitrogen and oxygen atoms in total. The Morgan fingerprint density at radius 1 is 1.19 bits per heavy atom. The molecule has 0 saturated heterocycles. The van der Waals surface area contributed by atoms with Crippen molar-refractivity contribution < 1.29 is 19.4 Å². The number of rotatable bonds is 3. The minimum Gasteiger partial charge on any atom is -0.489 e. The molecule has 4 rings (SSSR count).